The van der Waals surface area contributed by atoms with Gasteiger partial charge in [-0.3, -0.25) is 0 Å². The first-order chi connectivity index (χ1) is 14.1. The number of hydrogen-bond donors (Lipinski definition) is 0. The molecule has 0 aliphatic heterocycles. The van der Waals surface area contributed by atoms with E-state index in [4.69, 9.17) is 4.42 Å². The third kappa shape index (κ3) is 3.69. The average Bonchev–Trinajstić information content (AvgIpc) is 2.75. The minimum Gasteiger partial charge on any atom is -0.419 e. The summed E-state index contributed by atoms with van der Waals surface area (Å²) in [4.78, 5) is 12.6. The van der Waals surface area contributed by atoms with Crippen molar-refractivity contribution in [1.29, 1.82) is 0 Å². The molecule has 4 aromatic rings. The maximum absolute atomic E-state index is 14.8. The lowest BCUT2D eigenvalue weighted by Crippen LogP contribution is -2.02. The number of unbranched alkanes of at least 4 members (excludes halogenated alkanes) is 1. The summed E-state index contributed by atoms with van der Waals surface area (Å²) >= 11 is 0. The molecule has 0 atom stereocenters. The Morgan fingerprint density at radius 2 is 1.52 bits per heavy atom. The van der Waals surface area contributed by atoms with Crippen molar-refractivity contribution in [2.75, 3.05) is 0 Å². The zero-order chi connectivity index (χ0) is 20.4. The fourth-order valence-electron chi connectivity index (χ4n) is 3.89. The predicted molar refractivity (Wildman–Crippen MR) is 118 cm³/mol. The highest BCUT2D eigenvalue weighted by Gasteiger charge is 2.15. The van der Waals surface area contributed by atoms with E-state index < -0.39 is 11.4 Å². The van der Waals surface area contributed by atoms with Gasteiger partial charge in [-0.2, -0.15) is 0 Å². The second-order valence-corrected chi connectivity index (χ2v) is 7.62. The molecule has 0 saturated heterocycles. The van der Waals surface area contributed by atoms with Gasteiger partial charge in [0.15, 0.2) is 11.4 Å². The molecule has 0 aliphatic rings. The van der Waals surface area contributed by atoms with Crippen LogP contribution in [0.2, 0.25) is 0 Å². The normalized spacial score (nSPS) is 11.4. The number of rotatable bonds is 6. The lowest BCUT2D eigenvalue weighted by Gasteiger charge is -2.09. The van der Waals surface area contributed by atoms with E-state index in [2.05, 4.69) is 31.2 Å². The zero-order valence-corrected chi connectivity index (χ0v) is 16.9. The van der Waals surface area contributed by atoms with Crippen LogP contribution < -0.4 is 5.63 Å². The van der Waals surface area contributed by atoms with E-state index in [9.17, 15) is 9.18 Å². The van der Waals surface area contributed by atoms with Crippen LogP contribution in [0.25, 0.3) is 32.9 Å². The second kappa shape index (κ2) is 8.20. The Hall–Kier alpha value is -2.94. The fraction of sp³-hybridized carbons (Fsp3) is 0.269. The summed E-state index contributed by atoms with van der Waals surface area (Å²) in [7, 11) is 0. The fourth-order valence-corrected chi connectivity index (χ4v) is 3.89. The van der Waals surface area contributed by atoms with E-state index in [1.54, 1.807) is 6.07 Å². The molecule has 0 fully saturated rings. The molecule has 3 aromatic carbocycles. The Bertz CT molecular complexity index is 1220. The molecule has 0 bridgehead atoms. The van der Waals surface area contributed by atoms with Crippen molar-refractivity contribution in [2.45, 2.75) is 46.0 Å². The maximum atomic E-state index is 14.8. The van der Waals surface area contributed by atoms with Gasteiger partial charge in [0.1, 0.15) is 0 Å². The Morgan fingerprint density at radius 1 is 0.793 bits per heavy atom. The van der Waals surface area contributed by atoms with Crippen LogP contribution in [0.4, 0.5) is 4.39 Å². The molecule has 0 spiro atoms. The number of benzene rings is 3. The Balaban J connectivity index is 1.80. The zero-order valence-electron chi connectivity index (χ0n) is 16.9. The van der Waals surface area contributed by atoms with Crippen LogP contribution in [0.15, 0.2) is 63.8 Å². The molecule has 29 heavy (non-hydrogen) atoms. The first-order valence-corrected chi connectivity index (χ1v) is 10.4. The van der Waals surface area contributed by atoms with Gasteiger partial charge in [0, 0.05) is 10.8 Å². The highest BCUT2D eigenvalue weighted by Crippen LogP contribution is 2.30. The molecule has 0 saturated carbocycles. The summed E-state index contributed by atoms with van der Waals surface area (Å²) in [5, 5.41) is 1.84. The molecule has 0 unspecified atom stereocenters. The summed E-state index contributed by atoms with van der Waals surface area (Å²) in [6.45, 7) is 4.19. The van der Waals surface area contributed by atoms with E-state index in [1.807, 2.05) is 31.2 Å². The van der Waals surface area contributed by atoms with Gasteiger partial charge in [-0.15, -0.1) is 0 Å². The van der Waals surface area contributed by atoms with E-state index in [0.29, 0.717) is 22.8 Å². The topological polar surface area (TPSA) is 30.2 Å². The standard InChI is InChI=1S/C26H25FO2/c1-3-5-7-17-8-10-18(11-9-17)20-13-14-21-22-15-12-19(6-4-2)24(27)25(22)29-26(28)23(21)16-20/h8-16H,3-7H2,1-2H3. The van der Waals surface area contributed by atoms with Crippen LogP contribution in [-0.2, 0) is 12.8 Å². The number of fused-ring (bicyclic) bond motifs is 3. The van der Waals surface area contributed by atoms with Crippen molar-refractivity contribution in [3.63, 3.8) is 0 Å². The van der Waals surface area contributed by atoms with E-state index in [-0.39, 0.29) is 5.58 Å². The number of hydrogen-bond acceptors (Lipinski definition) is 2. The van der Waals surface area contributed by atoms with Crippen molar-refractivity contribution in [1.82, 2.24) is 0 Å². The van der Waals surface area contributed by atoms with Crippen LogP contribution in [-0.4, -0.2) is 0 Å². The largest absolute Gasteiger partial charge is 0.419 e. The van der Waals surface area contributed by atoms with Crippen LogP contribution >= 0.6 is 0 Å². The van der Waals surface area contributed by atoms with Gasteiger partial charge in [0.25, 0.3) is 0 Å². The summed E-state index contributed by atoms with van der Waals surface area (Å²) in [6, 6.07) is 17.8. The average molecular weight is 388 g/mol. The third-order valence-corrected chi connectivity index (χ3v) is 5.53. The summed E-state index contributed by atoms with van der Waals surface area (Å²) in [5.41, 5.74) is 3.47. The molecule has 0 aliphatic carbocycles. The third-order valence-electron chi connectivity index (χ3n) is 5.53. The van der Waals surface area contributed by atoms with E-state index >= 15 is 0 Å². The number of halogens is 1. The molecular weight excluding hydrogens is 363 g/mol. The summed E-state index contributed by atoms with van der Waals surface area (Å²) in [5.74, 6) is -0.421. The SMILES string of the molecule is CCCCc1ccc(-c2ccc3c(c2)c(=O)oc2c(F)c(CCC)ccc23)cc1. The molecule has 1 aromatic heterocycles. The van der Waals surface area contributed by atoms with E-state index in [1.165, 1.54) is 18.4 Å². The van der Waals surface area contributed by atoms with Crippen LogP contribution in [0.3, 0.4) is 0 Å². The van der Waals surface area contributed by atoms with Crippen molar-refractivity contribution in [3.8, 4) is 11.1 Å². The van der Waals surface area contributed by atoms with Crippen molar-refractivity contribution < 1.29 is 8.81 Å². The molecule has 0 amide bonds. The maximum Gasteiger partial charge on any atom is 0.344 e. The van der Waals surface area contributed by atoms with Gasteiger partial charge in [-0.05, 0) is 47.6 Å². The molecule has 0 N–H and O–H groups in total. The molecule has 148 valence electrons. The van der Waals surface area contributed by atoms with Gasteiger partial charge < -0.3 is 4.42 Å². The molecular formula is C26H25FO2. The first-order valence-electron chi connectivity index (χ1n) is 10.4. The smallest absolute Gasteiger partial charge is 0.344 e. The predicted octanol–water partition coefficient (Wildman–Crippen LogP) is 7.05. The van der Waals surface area contributed by atoms with Gasteiger partial charge in [-0.25, -0.2) is 9.18 Å². The lowest BCUT2D eigenvalue weighted by molar-refractivity contribution is 0.524. The highest BCUT2D eigenvalue weighted by atomic mass is 19.1. The Kier molecular flexibility index (Phi) is 5.48. The molecule has 3 heteroatoms. The van der Waals surface area contributed by atoms with Crippen molar-refractivity contribution >= 4 is 21.7 Å². The van der Waals surface area contributed by atoms with Gasteiger partial charge in [0.2, 0.25) is 0 Å². The summed E-state index contributed by atoms with van der Waals surface area (Å²) in [6.07, 6.45) is 4.89. The summed E-state index contributed by atoms with van der Waals surface area (Å²) < 4.78 is 20.2. The van der Waals surface area contributed by atoms with Crippen LogP contribution in [0.5, 0.6) is 0 Å². The molecule has 2 nitrogen and oxygen atoms in total. The van der Waals surface area contributed by atoms with Crippen molar-refractivity contribution in [2.24, 2.45) is 0 Å². The van der Waals surface area contributed by atoms with Gasteiger partial charge >= 0.3 is 5.63 Å². The van der Waals surface area contributed by atoms with E-state index in [0.717, 1.165) is 29.4 Å². The quantitative estimate of drug-likeness (QED) is 0.262. The van der Waals surface area contributed by atoms with Crippen molar-refractivity contribution in [3.05, 3.63) is 82.0 Å². The minimum atomic E-state index is -0.499. The Labute approximate surface area is 170 Å². The second-order valence-electron chi connectivity index (χ2n) is 7.62. The lowest BCUT2D eigenvalue weighted by atomic mass is 9.98. The highest BCUT2D eigenvalue weighted by molar-refractivity contribution is 6.05. The molecule has 1 heterocycles. The monoisotopic (exact) mass is 388 g/mol. The van der Waals surface area contributed by atoms with Gasteiger partial charge in [0.05, 0.1) is 5.39 Å². The number of aryl methyl sites for hydroxylation is 2. The Morgan fingerprint density at radius 3 is 2.24 bits per heavy atom. The molecule has 0 radical (unpaired) electrons. The minimum absolute atomic E-state index is 0.0569. The van der Waals surface area contributed by atoms with Crippen LogP contribution in [0.1, 0.15) is 44.2 Å². The van der Waals surface area contributed by atoms with Crippen LogP contribution in [0, 0.1) is 5.82 Å². The van der Waals surface area contributed by atoms with Gasteiger partial charge in [-0.1, -0.05) is 75.2 Å². The first kappa shape index (κ1) is 19.4. The molecule has 4 rings (SSSR count).